The van der Waals surface area contributed by atoms with Gasteiger partial charge in [-0.05, 0) is 36.6 Å². The fourth-order valence-corrected chi connectivity index (χ4v) is 3.69. The maximum Gasteiger partial charge on any atom is 0.435 e. The van der Waals surface area contributed by atoms with E-state index >= 15 is 0 Å². The first-order chi connectivity index (χ1) is 12.8. The van der Waals surface area contributed by atoms with E-state index in [0.717, 1.165) is 6.07 Å². The van der Waals surface area contributed by atoms with Gasteiger partial charge >= 0.3 is 6.18 Å². The molecule has 1 atom stereocenters. The van der Waals surface area contributed by atoms with Gasteiger partial charge < -0.3 is 9.32 Å². The van der Waals surface area contributed by atoms with E-state index in [9.17, 15) is 18.0 Å². The molecule has 0 aliphatic carbocycles. The summed E-state index contributed by atoms with van der Waals surface area (Å²) in [6.07, 6.45) is -1.88. The molecule has 0 N–H and O–H groups in total. The molecule has 4 rings (SSSR count). The lowest BCUT2D eigenvalue weighted by Gasteiger charge is -2.32. The fraction of sp³-hybridized carbons (Fsp3) is 0.333. The average Bonchev–Trinajstić information content (AvgIpc) is 3.25. The highest BCUT2D eigenvalue weighted by atomic mass is 35.5. The summed E-state index contributed by atoms with van der Waals surface area (Å²) in [7, 11) is 0. The van der Waals surface area contributed by atoms with E-state index in [0.29, 0.717) is 30.4 Å². The number of nitrogens with zero attached hydrogens (tertiary/aromatic N) is 3. The molecule has 1 aliphatic heterocycles. The SMILES string of the molecule is O=C(c1c(Cl)oc2ccccc12)N1CCCC(n2ccc(C(F)(F)F)n2)C1. The van der Waals surface area contributed by atoms with Gasteiger partial charge in [0, 0.05) is 24.7 Å². The third-order valence-corrected chi connectivity index (χ3v) is 4.99. The maximum atomic E-state index is 13.0. The molecular formula is C18H15ClF3N3O2. The van der Waals surface area contributed by atoms with Crippen LogP contribution in [0.2, 0.25) is 5.22 Å². The van der Waals surface area contributed by atoms with Crippen LogP contribution in [0.4, 0.5) is 13.2 Å². The van der Waals surface area contributed by atoms with E-state index in [4.69, 9.17) is 16.0 Å². The van der Waals surface area contributed by atoms with Crippen LogP contribution in [-0.2, 0) is 6.18 Å². The number of halogens is 4. The van der Waals surface area contributed by atoms with Gasteiger partial charge in [0.15, 0.2) is 5.69 Å². The number of para-hydroxylation sites is 1. The van der Waals surface area contributed by atoms with Gasteiger partial charge in [-0.2, -0.15) is 18.3 Å². The van der Waals surface area contributed by atoms with E-state index in [2.05, 4.69) is 5.10 Å². The van der Waals surface area contributed by atoms with Gasteiger partial charge in [-0.3, -0.25) is 9.48 Å². The summed E-state index contributed by atoms with van der Waals surface area (Å²) < 4.78 is 45.1. The third kappa shape index (κ3) is 3.29. The Morgan fingerprint density at radius 2 is 2.04 bits per heavy atom. The number of benzene rings is 1. The summed E-state index contributed by atoms with van der Waals surface area (Å²) >= 11 is 6.13. The topological polar surface area (TPSA) is 51.3 Å². The first kappa shape index (κ1) is 17.9. The van der Waals surface area contributed by atoms with Gasteiger partial charge in [0.25, 0.3) is 5.91 Å². The van der Waals surface area contributed by atoms with Crippen LogP contribution in [0, 0.1) is 0 Å². The number of rotatable bonds is 2. The lowest BCUT2D eigenvalue weighted by atomic mass is 10.0. The molecule has 27 heavy (non-hydrogen) atoms. The van der Waals surface area contributed by atoms with Crippen molar-refractivity contribution in [2.24, 2.45) is 0 Å². The molecule has 1 aromatic carbocycles. The molecule has 1 unspecified atom stereocenters. The predicted octanol–water partition coefficient (Wildman–Crippen LogP) is 4.78. The molecule has 9 heteroatoms. The number of hydrogen-bond donors (Lipinski definition) is 0. The van der Waals surface area contributed by atoms with Crippen molar-refractivity contribution in [3.63, 3.8) is 0 Å². The second-order valence-electron chi connectivity index (χ2n) is 6.47. The summed E-state index contributed by atoms with van der Waals surface area (Å²) in [6.45, 7) is 0.756. The van der Waals surface area contributed by atoms with Crippen molar-refractivity contribution in [2.45, 2.75) is 25.1 Å². The van der Waals surface area contributed by atoms with Gasteiger partial charge in [-0.15, -0.1) is 0 Å². The van der Waals surface area contributed by atoms with Crippen molar-refractivity contribution in [1.82, 2.24) is 14.7 Å². The van der Waals surface area contributed by atoms with Crippen LogP contribution in [0.15, 0.2) is 40.9 Å². The number of amides is 1. The second-order valence-corrected chi connectivity index (χ2v) is 6.82. The van der Waals surface area contributed by atoms with E-state index in [1.54, 1.807) is 29.2 Å². The zero-order valence-corrected chi connectivity index (χ0v) is 14.8. The normalized spacial score (nSPS) is 18.2. The molecule has 0 saturated carbocycles. The number of hydrogen-bond acceptors (Lipinski definition) is 3. The minimum atomic E-state index is -4.49. The summed E-state index contributed by atoms with van der Waals surface area (Å²) in [5, 5.41) is 4.27. The van der Waals surface area contributed by atoms with E-state index in [1.165, 1.54) is 10.9 Å². The molecule has 3 heterocycles. The highest BCUT2D eigenvalue weighted by Crippen LogP contribution is 2.33. The Balaban J connectivity index is 1.58. The first-order valence-electron chi connectivity index (χ1n) is 8.43. The smallest absolute Gasteiger partial charge is 0.435 e. The van der Waals surface area contributed by atoms with Crippen molar-refractivity contribution in [3.8, 4) is 0 Å². The lowest BCUT2D eigenvalue weighted by molar-refractivity contribution is -0.141. The highest BCUT2D eigenvalue weighted by molar-refractivity contribution is 6.34. The number of fused-ring (bicyclic) bond motifs is 1. The van der Waals surface area contributed by atoms with Crippen molar-refractivity contribution in [2.75, 3.05) is 13.1 Å². The molecule has 1 saturated heterocycles. The second kappa shape index (κ2) is 6.60. The van der Waals surface area contributed by atoms with Crippen molar-refractivity contribution < 1.29 is 22.4 Å². The zero-order valence-electron chi connectivity index (χ0n) is 14.0. The Labute approximate surface area is 157 Å². The summed E-state index contributed by atoms with van der Waals surface area (Å²) in [6, 6.07) is 7.66. The molecule has 0 radical (unpaired) electrons. The lowest BCUT2D eigenvalue weighted by Crippen LogP contribution is -2.41. The number of carbonyl (C=O) groups is 1. The summed E-state index contributed by atoms with van der Waals surface area (Å²) in [4.78, 5) is 14.6. The van der Waals surface area contributed by atoms with E-state index in [1.807, 2.05) is 0 Å². The Hall–Kier alpha value is -2.48. The van der Waals surface area contributed by atoms with Crippen molar-refractivity contribution in [1.29, 1.82) is 0 Å². The number of piperidine rings is 1. The van der Waals surface area contributed by atoms with Crippen molar-refractivity contribution in [3.05, 3.63) is 53.0 Å². The van der Waals surface area contributed by atoms with Crippen LogP contribution in [0.3, 0.4) is 0 Å². The van der Waals surface area contributed by atoms with Crippen LogP contribution in [0.1, 0.15) is 34.9 Å². The molecule has 0 bridgehead atoms. The van der Waals surface area contributed by atoms with E-state index < -0.39 is 11.9 Å². The average molecular weight is 398 g/mol. The predicted molar refractivity (Wildman–Crippen MR) is 92.6 cm³/mol. The van der Waals surface area contributed by atoms with Gasteiger partial charge in [-0.25, -0.2) is 0 Å². The minimum absolute atomic E-state index is 0.0155. The first-order valence-corrected chi connectivity index (χ1v) is 8.81. The number of likely N-dealkylation sites (tertiary alicyclic amines) is 1. The number of carbonyl (C=O) groups excluding carboxylic acids is 1. The molecule has 2 aromatic heterocycles. The Kier molecular flexibility index (Phi) is 4.38. The number of aromatic nitrogens is 2. The van der Waals surface area contributed by atoms with Crippen LogP contribution >= 0.6 is 11.6 Å². The van der Waals surface area contributed by atoms with Crippen LogP contribution in [0.25, 0.3) is 11.0 Å². The zero-order chi connectivity index (χ0) is 19.2. The largest absolute Gasteiger partial charge is 0.444 e. The maximum absolute atomic E-state index is 13.0. The minimum Gasteiger partial charge on any atom is -0.444 e. The Morgan fingerprint density at radius 3 is 2.78 bits per heavy atom. The van der Waals surface area contributed by atoms with Crippen LogP contribution in [-0.4, -0.2) is 33.7 Å². The molecule has 1 fully saturated rings. The molecule has 3 aromatic rings. The molecule has 0 spiro atoms. The molecule has 5 nitrogen and oxygen atoms in total. The van der Waals surface area contributed by atoms with Gasteiger partial charge in [-0.1, -0.05) is 18.2 Å². The number of alkyl halides is 3. The highest BCUT2D eigenvalue weighted by Gasteiger charge is 2.35. The molecule has 1 amide bonds. The fourth-order valence-electron chi connectivity index (χ4n) is 3.42. The van der Waals surface area contributed by atoms with Gasteiger partial charge in [0.2, 0.25) is 5.22 Å². The Bertz CT molecular complexity index is 995. The molecule has 1 aliphatic rings. The molecular weight excluding hydrogens is 383 g/mol. The standard InChI is InChI=1S/C18H15ClF3N3O2/c19-16-15(12-5-1-2-6-13(12)27-16)17(26)24-8-3-4-11(10-24)25-9-7-14(23-25)18(20,21)22/h1-2,5-7,9,11H,3-4,8,10H2. The molecule has 142 valence electrons. The van der Waals surface area contributed by atoms with E-state index in [-0.39, 0.29) is 29.3 Å². The van der Waals surface area contributed by atoms with Gasteiger partial charge in [0.1, 0.15) is 11.1 Å². The van der Waals surface area contributed by atoms with Crippen LogP contribution in [0.5, 0.6) is 0 Å². The third-order valence-electron chi connectivity index (χ3n) is 4.72. The Morgan fingerprint density at radius 1 is 1.26 bits per heavy atom. The summed E-state index contributed by atoms with van der Waals surface area (Å²) in [5.74, 6) is -0.294. The number of furan rings is 1. The van der Waals surface area contributed by atoms with Gasteiger partial charge in [0.05, 0.1) is 6.04 Å². The summed E-state index contributed by atoms with van der Waals surface area (Å²) in [5.41, 5.74) is -0.138. The monoisotopic (exact) mass is 397 g/mol. The van der Waals surface area contributed by atoms with Crippen molar-refractivity contribution >= 4 is 28.5 Å². The quantitative estimate of drug-likeness (QED) is 0.625. The van der Waals surface area contributed by atoms with Crippen LogP contribution < -0.4 is 0 Å².